The van der Waals surface area contributed by atoms with E-state index in [0.29, 0.717) is 17.6 Å². The Morgan fingerprint density at radius 3 is 2.15 bits per heavy atom. The number of carbonyl (C=O) groups excluding carboxylic acids is 1. The van der Waals surface area contributed by atoms with E-state index in [1.807, 2.05) is 26.8 Å². The summed E-state index contributed by atoms with van der Waals surface area (Å²) >= 11 is 0. The van der Waals surface area contributed by atoms with Gasteiger partial charge in [0, 0.05) is 11.5 Å². The molecule has 0 saturated carbocycles. The van der Waals surface area contributed by atoms with Crippen LogP contribution in [0.4, 0.5) is 8.78 Å². The molecule has 1 unspecified atom stereocenters. The molecule has 0 spiro atoms. The first-order valence-corrected chi connectivity index (χ1v) is 6.51. The molecule has 20 heavy (non-hydrogen) atoms. The molecule has 108 valence electrons. The Morgan fingerprint density at radius 1 is 1.15 bits per heavy atom. The highest BCUT2D eigenvalue weighted by atomic mass is 19.1. The number of halogens is 2. The lowest BCUT2D eigenvalue weighted by Gasteiger charge is -2.26. The lowest BCUT2D eigenvalue weighted by atomic mass is 9.77. The predicted octanol–water partition coefficient (Wildman–Crippen LogP) is 4.72. The van der Waals surface area contributed by atoms with Crippen LogP contribution >= 0.6 is 0 Å². The standard InChI is InChI=1S/C17H20F2O/c1-12(2)5-6-17(4,10-13(3)11-20)14-7-15(18)9-16(19)8-14/h5,7-11H,6H2,1-4H3/b13-10+. The molecular formula is C17H20F2O. The van der Waals surface area contributed by atoms with E-state index in [1.54, 1.807) is 13.0 Å². The summed E-state index contributed by atoms with van der Waals surface area (Å²) in [6.45, 7) is 7.48. The zero-order chi connectivity index (χ0) is 15.3. The van der Waals surface area contributed by atoms with Gasteiger partial charge in [0.2, 0.25) is 0 Å². The van der Waals surface area contributed by atoms with E-state index >= 15 is 0 Å². The number of benzene rings is 1. The van der Waals surface area contributed by atoms with Crippen molar-refractivity contribution < 1.29 is 13.6 Å². The molecule has 0 bridgehead atoms. The van der Waals surface area contributed by atoms with E-state index in [1.165, 1.54) is 12.1 Å². The fraction of sp³-hybridized carbons (Fsp3) is 0.353. The minimum absolute atomic E-state index is 0.522. The van der Waals surface area contributed by atoms with Crippen LogP contribution in [0.1, 0.15) is 39.7 Å². The molecule has 0 radical (unpaired) electrons. The van der Waals surface area contributed by atoms with Gasteiger partial charge in [-0.3, -0.25) is 4.79 Å². The fourth-order valence-electron chi connectivity index (χ4n) is 2.10. The average molecular weight is 278 g/mol. The molecule has 0 aromatic heterocycles. The monoisotopic (exact) mass is 278 g/mol. The molecule has 0 aliphatic heterocycles. The van der Waals surface area contributed by atoms with E-state index in [0.717, 1.165) is 17.9 Å². The van der Waals surface area contributed by atoms with Gasteiger partial charge in [-0.2, -0.15) is 0 Å². The van der Waals surface area contributed by atoms with Crippen molar-refractivity contribution in [3.63, 3.8) is 0 Å². The van der Waals surface area contributed by atoms with Crippen LogP contribution in [0.2, 0.25) is 0 Å². The Balaban J connectivity index is 3.35. The second-order valence-corrected chi connectivity index (χ2v) is 5.57. The molecule has 1 atom stereocenters. The Kier molecular flexibility index (Phi) is 5.37. The Labute approximate surface area is 119 Å². The van der Waals surface area contributed by atoms with E-state index in [4.69, 9.17) is 0 Å². The summed E-state index contributed by atoms with van der Waals surface area (Å²) in [6, 6.07) is 3.48. The van der Waals surface area contributed by atoms with Crippen LogP contribution in [0.15, 0.2) is 41.5 Å². The van der Waals surface area contributed by atoms with Crippen LogP contribution < -0.4 is 0 Å². The summed E-state index contributed by atoms with van der Waals surface area (Å²) < 4.78 is 26.9. The highest BCUT2D eigenvalue weighted by Crippen LogP contribution is 2.32. The zero-order valence-electron chi connectivity index (χ0n) is 12.3. The molecule has 0 heterocycles. The third kappa shape index (κ3) is 4.41. The summed E-state index contributed by atoms with van der Waals surface area (Å²) in [5.41, 5.74) is 1.56. The number of rotatable bonds is 5. The van der Waals surface area contributed by atoms with Crippen molar-refractivity contribution in [2.24, 2.45) is 0 Å². The Morgan fingerprint density at radius 2 is 1.70 bits per heavy atom. The molecule has 1 aromatic rings. The van der Waals surface area contributed by atoms with E-state index < -0.39 is 17.0 Å². The van der Waals surface area contributed by atoms with Crippen molar-refractivity contribution in [3.8, 4) is 0 Å². The van der Waals surface area contributed by atoms with Crippen LogP contribution in [0.25, 0.3) is 0 Å². The first kappa shape index (κ1) is 16.3. The quantitative estimate of drug-likeness (QED) is 0.432. The molecule has 0 amide bonds. The SMILES string of the molecule is CC(C)=CCC(C)(/C=C(\C)C=O)c1cc(F)cc(F)c1. The van der Waals surface area contributed by atoms with Gasteiger partial charge in [-0.05, 0) is 50.5 Å². The highest BCUT2D eigenvalue weighted by molar-refractivity contribution is 5.72. The van der Waals surface area contributed by atoms with Crippen molar-refractivity contribution in [3.05, 3.63) is 58.7 Å². The van der Waals surface area contributed by atoms with Crippen LogP contribution in [-0.2, 0) is 10.2 Å². The summed E-state index contributed by atoms with van der Waals surface area (Å²) in [7, 11) is 0. The fourth-order valence-corrected chi connectivity index (χ4v) is 2.10. The molecule has 0 aliphatic rings. The van der Waals surface area contributed by atoms with Crippen LogP contribution in [-0.4, -0.2) is 6.29 Å². The van der Waals surface area contributed by atoms with E-state index in [2.05, 4.69) is 0 Å². The van der Waals surface area contributed by atoms with Crippen LogP contribution in [0, 0.1) is 11.6 Å². The summed E-state index contributed by atoms with van der Waals surface area (Å²) in [4.78, 5) is 10.9. The lowest BCUT2D eigenvalue weighted by Crippen LogP contribution is -2.20. The van der Waals surface area contributed by atoms with Gasteiger partial charge in [-0.25, -0.2) is 8.78 Å². The molecule has 1 aromatic carbocycles. The third-order valence-corrected chi connectivity index (χ3v) is 3.19. The number of allylic oxidation sites excluding steroid dienone is 4. The summed E-state index contributed by atoms with van der Waals surface area (Å²) in [6.07, 6.45) is 5.07. The number of hydrogen-bond acceptors (Lipinski definition) is 1. The van der Waals surface area contributed by atoms with Crippen LogP contribution in [0.5, 0.6) is 0 Å². The minimum atomic E-state index is -0.620. The van der Waals surface area contributed by atoms with Crippen molar-refractivity contribution >= 4 is 6.29 Å². The van der Waals surface area contributed by atoms with Gasteiger partial charge >= 0.3 is 0 Å². The molecule has 1 rings (SSSR count). The lowest BCUT2D eigenvalue weighted by molar-refractivity contribution is -0.104. The van der Waals surface area contributed by atoms with Gasteiger partial charge in [0.1, 0.15) is 17.9 Å². The normalized spacial score (nSPS) is 14.6. The zero-order valence-corrected chi connectivity index (χ0v) is 12.3. The summed E-state index contributed by atoms with van der Waals surface area (Å²) in [5, 5.41) is 0. The first-order chi connectivity index (χ1) is 9.26. The molecule has 1 nitrogen and oxygen atoms in total. The molecule has 0 aliphatic carbocycles. The topological polar surface area (TPSA) is 17.1 Å². The second kappa shape index (κ2) is 6.60. The molecular weight excluding hydrogens is 258 g/mol. The third-order valence-electron chi connectivity index (χ3n) is 3.19. The Hall–Kier alpha value is -1.77. The van der Waals surface area contributed by atoms with Crippen molar-refractivity contribution in [2.45, 2.75) is 39.5 Å². The molecule has 0 saturated heterocycles. The van der Waals surface area contributed by atoms with Gasteiger partial charge in [-0.15, -0.1) is 0 Å². The number of carbonyl (C=O) groups is 1. The van der Waals surface area contributed by atoms with Gasteiger partial charge in [-0.1, -0.05) is 24.6 Å². The maximum absolute atomic E-state index is 13.4. The van der Waals surface area contributed by atoms with E-state index in [9.17, 15) is 13.6 Å². The highest BCUT2D eigenvalue weighted by Gasteiger charge is 2.24. The average Bonchev–Trinajstić information content (AvgIpc) is 2.35. The van der Waals surface area contributed by atoms with E-state index in [-0.39, 0.29) is 0 Å². The molecule has 0 N–H and O–H groups in total. The number of hydrogen-bond donors (Lipinski definition) is 0. The van der Waals surface area contributed by atoms with Crippen molar-refractivity contribution in [1.82, 2.24) is 0 Å². The first-order valence-electron chi connectivity index (χ1n) is 6.51. The minimum Gasteiger partial charge on any atom is -0.298 e. The molecule has 3 heteroatoms. The predicted molar refractivity (Wildman–Crippen MR) is 77.6 cm³/mol. The maximum atomic E-state index is 13.4. The largest absolute Gasteiger partial charge is 0.298 e. The summed E-state index contributed by atoms with van der Waals surface area (Å²) in [5.74, 6) is -1.22. The van der Waals surface area contributed by atoms with Gasteiger partial charge in [0.15, 0.2) is 0 Å². The maximum Gasteiger partial charge on any atom is 0.145 e. The Bertz CT molecular complexity index is 534. The van der Waals surface area contributed by atoms with Gasteiger partial charge in [0.25, 0.3) is 0 Å². The number of aldehydes is 1. The van der Waals surface area contributed by atoms with Crippen molar-refractivity contribution in [1.29, 1.82) is 0 Å². The van der Waals surface area contributed by atoms with Crippen LogP contribution in [0.3, 0.4) is 0 Å². The van der Waals surface area contributed by atoms with Crippen molar-refractivity contribution in [2.75, 3.05) is 0 Å². The molecule has 0 fully saturated rings. The van der Waals surface area contributed by atoms with Gasteiger partial charge < -0.3 is 0 Å². The smallest absolute Gasteiger partial charge is 0.145 e. The second-order valence-electron chi connectivity index (χ2n) is 5.57. The van der Waals surface area contributed by atoms with Gasteiger partial charge in [0.05, 0.1) is 0 Å².